The molecule has 0 spiro atoms. The van der Waals surface area contributed by atoms with Crippen molar-refractivity contribution in [3.63, 3.8) is 0 Å². The Morgan fingerprint density at radius 3 is 2.61 bits per heavy atom. The molecule has 0 saturated heterocycles. The molecule has 0 amide bonds. The first-order valence-corrected chi connectivity index (χ1v) is 6.34. The molecule has 2 aromatic rings. The van der Waals surface area contributed by atoms with E-state index in [1.807, 2.05) is 0 Å². The van der Waals surface area contributed by atoms with Gasteiger partial charge < -0.3 is 19.6 Å². The summed E-state index contributed by atoms with van der Waals surface area (Å²) < 4.78 is 10.3. The molecule has 0 aliphatic rings. The van der Waals surface area contributed by atoms with Crippen LogP contribution in [0.2, 0.25) is 0 Å². The number of nitro groups is 1. The standard InChI is InChI=1S/C14H13N3O6/c1-22-9-4-5-10(23-2)8(7-9)3-6-11-15-13(18)12(17(20)21)14(19)16-11/h3-7H,1-2H3,(H2,15,16,18,19)/b6-3+. The van der Waals surface area contributed by atoms with Crippen LogP contribution < -0.4 is 15.0 Å². The Morgan fingerprint density at radius 2 is 2.04 bits per heavy atom. The van der Waals surface area contributed by atoms with Gasteiger partial charge in [0.05, 0.1) is 19.1 Å². The molecular weight excluding hydrogens is 306 g/mol. The number of rotatable bonds is 5. The Labute approximate surface area is 130 Å². The van der Waals surface area contributed by atoms with Gasteiger partial charge in [-0.15, -0.1) is 0 Å². The summed E-state index contributed by atoms with van der Waals surface area (Å²) in [7, 11) is 3.01. The normalized spacial score (nSPS) is 10.7. The topological polar surface area (TPSA) is 128 Å². The van der Waals surface area contributed by atoms with Gasteiger partial charge in [0, 0.05) is 5.56 Å². The Morgan fingerprint density at radius 1 is 1.30 bits per heavy atom. The molecule has 2 N–H and O–H groups in total. The number of hydrogen-bond donors (Lipinski definition) is 2. The first-order valence-electron chi connectivity index (χ1n) is 6.34. The van der Waals surface area contributed by atoms with Crippen molar-refractivity contribution in [3.05, 3.63) is 50.1 Å². The second-order valence-corrected chi connectivity index (χ2v) is 4.32. The van der Waals surface area contributed by atoms with Crippen molar-refractivity contribution in [2.75, 3.05) is 14.2 Å². The molecule has 9 heteroatoms. The third kappa shape index (κ3) is 3.46. The molecule has 0 atom stereocenters. The number of aromatic hydroxyl groups is 1. The molecule has 0 aliphatic carbocycles. The third-order valence-electron chi connectivity index (χ3n) is 2.94. The summed E-state index contributed by atoms with van der Waals surface area (Å²) in [6, 6.07) is 5.11. The minimum atomic E-state index is -1.04. The summed E-state index contributed by atoms with van der Waals surface area (Å²) in [5, 5.41) is 20.1. The fourth-order valence-corrected chi connectivity index (χ4v) is 1.85. The number of hydrogen-bond acceptors (Lipinski definition) is 7. The number of aromatic nitrogens is 2. The van der Waals surface area contributed by atoms with Gasteiger partial charge in [0.15, 0.2) is 0 Å². The minimum Gasteiger partial charge on any atom is -0.497 e. The maximum atomic E-state index is 11.6. The maximum absolute atomic E-state index is 11.6. The van der Waals surface area contributed by atoms with Crippen LogP contribution in [0, 0.1) is 10.1 Å². The van der Waals surface area contributed by atoms with Crippen LogP contribution in [0.1, 0.15) is 11.4 Å². The van der Waals surface area contributed by atoms with Gasteiger partial charge in [-0.1, -0.05) is 0 Å². The van der Waals surface area contributed by atoms with Gasteiger partial charge in [-0.3, -0.25) is 14.9 Å². The molecule has 2 rings (SSSR count). The molecule has 9 nitrogen and oxygen atoms in total. The van der Waals surface area contributed by atoms with Gasteiger partial charge in [-0.05, 0) is 30.4 Å². The zero-order chi connectivity index (χ0) is 17.0. The summed E-state index contributed by atoms with van der Waals surface area (Å²) in [5.41, 5.74) is -1.41. The number of ether oxygens (including phenoxy) is 2. The average molecular weight is 319 g/mol. The van der Waals surface area contributed by atoms with E-state index in [0.29, 0.717) is 17.1 Å². The molecule has 120 valence electrons. The van der Waals surface area contributed by atoms with Gasteiger partial charge in [0.2, 0.25) is 0 Å². The van der Waals surface area contributed by atoms with E-state index in [9.17, 15) is 20.0 Å². The molecule has 0 unspecified atom stereocenters. The number of methoxy groups -OCH3 is 2. The number of aromatic amines is 1. The highest BCUT2D eigenvalue weighted by atomic mass is 16.6. The average Bonchev–Trinajstić information content (AvgIpc) is 2.51. The zero-order valence-corrected chi connectivity index (χ0v) is 12.3. The lowest BCUT2D eigenvalue weighted by Gasteiger charge is -2.07. The predicted molar refractivity (Wildman–Crippen MR) is 81.7 cm³/mol. The second kappa shape index (κ2) is 6.60. The number of nitrogens with one attached hydrogen (secondary N) is 1. The Bertz CT molecular complexity index is 828. The summed E-state index contributed by atoms with van der Waals surface area (Å²) in [6.07, 6.45) is 2.94. The lowest BCUT2D eigenvalue weighted by molar-refractivity contribution is -0.387. The highest BCUT2D eigenvalue weighted by molar-refractivity contribution is 5.71. The minimum absolute atomic E-state index is 0.0389. The van der Waals surface area contributed by atoms with Gasteiger partial charge in [-0.2, -0.15) is 4.98 Å². The molecule has 0 aliphatic heterocycles. The predicted octanol–water partition coefficient (Wildman–Crippen LogP) is 1.57. The first-order chi connectivity index (χ1) is 11.0. The fourth-order valence-electron chi connectivity index (χ4n) is 1.85. The lowest BCUT2D eigenvalue weighted by Crippen LogP contribution is -2.14. The lowest BCUT2D eigenvalue weighted by atomic mass is 10.1. The quantitative estimate of drug-likeness (QED) is 0.632. The maximum Gasteiger partial charge on any atom is 0.395 e. The molecule has 23 heavy (non-hydrogen) atoms. The van der Waals surface area contributed by atoms with E-state index < -0.39 is 22.0 Å². The van der Waals surface area contributed by atoms with Gasteiger partial charge >= 0.3 is 11.2 Å². The Balaban J connectivity index is 2.41. The van der Waals surface area contributed by atoms with E-state index in [1.54, 1.807) is 24.3 Å². The SMILES string of the molecule is COc1ccc(OC)c(/C=C/c2nc(O)c([N+](=O)[O-])c(=O)[nH]2)c1. The smallest absolute Gasteiger partial charge is 0.395 e. The summed E-state index contributed by atoms with van der Waals surface area (Å²) in [4.78, 5) is 27.0. The fraction of sp³-hybridized carbons (Fsp3) is 0.143. The Kier molecular flexibility index (Phi) is 4.60. The van der Waals surface area contributed by atoms with Crippen molar-refractivity contribution < 1.29 is 19.5 Å². The van der Waals surface area contributed by atoms with E-state index in [0.717, 1.165) is 0 Å². The Hall–Kier alpha value is -3.36. The monoisotopic (exact) mass is 319 g/mol. The highest BCUT2D eigenvalue weighted by Crippen LogP contribution is 2.26. The third-order valence-corrected chi connectivity index (χ3v) is 2.94. The summed E-state index contributed by atoms with van der Waals surface area (Å²) in [6.45, 7) is 0. The van der Waals surface area contributed by atoms with E-state index >= 15 is 0 Å². The molecule has 0 bridgehead atoms. The number of H-pyrrole nitrogens is 1. The van der Waals surface area contributed by atoms with Crippen LogP contribution in [-0.2, 0) is 0 Å². The van der Waals surface area contributed by atoms with Crippen molar-refractivity contribution in [1.82, 2.24) is 9.97 Å². The molecule has 0 saturated carbocycles. The molecular formula is C14H13N3O6. The van der Waals surface area contributed by atoms with Crippen molar-refractivity contribution >= 4 is 17.8 Å². The first kappa shape index (κ1) is 16.0. The summed E-state index contributed by atoms with van der Waals surface area (Å²) in [5.74, 6) is 0.160. The van der Waals surface area contributed by atoms with Crippen molar-refractivity contribution in [3.8, 4) is 17.4 Å². The van der Waals surface area contributed by atoms with E-state index in [4.69, 9.17) is 9.47 Å². The highest BCUT2D eigenvalue weighted by Gasteiger charge is 2.21. The van der Waals surface area contributed by atoms with Crippen LogP contribution in [0.25, 0.3) is 12.2 Å². The van der Waals surface area contributed by atoms with Crippen LogP contribution >= 0.6 is 0 Å². The molecule has 0 fully saturated rings. The van der Waals surface area contributed by atoms with Crippen molar-refractivity contribution in [1.29, 1.82) is 0 Å². The largest absolute Gasteiger partial charge is 0.497 e. The van der Waals surface area contributed by atoms with E-state index in [-0.39, 0.29) is 5.82 Å². The molecule has 1 aromatic carbocycles. The number of nitrogens with zero attached hydrogens (tertiary/aromatic N) is 2. The van der Waals surface area contributed by atoms with Crippen LogP contribution in [0.5, 0.6) is 17.4 Å². The van der Waals surface area contributed by atoms with Gasteiger partial charge in [0.25, 0.3) is 5.88 Å². The van der Waals surface area contributed by atoms with E-state index in [1.165, 1.54) is 20.3 Å². The van der Waals surface area contributed by atoms with Crippen molar-refractivity contribution in [2.45, 2.75) is 0 Å². The van der Waals surface area contributed by atoms with Crippen LogP contribution in [0.3, 0.4) is 0 Å². The van der Waals surface area contributed by atoms with Crippen LogP contribution in [0.15, 0.2) is 23.0 Å². The summed E-state index contributed by atoms with van der Waals surface area (Å²) >= 11 is 0. The molecule has 1 heterocycles. The number of benzene rings is 1. The van der Waals surface area contributed by atoms with Crippen molar-refractivity contribution in [2.24, 2.45) is 0 Å². The van der Waals surface area contributed by atoms with E-state index in [2.05, 4.69) is 9.97 Å². The van der Waals surface area contributed by atoms with Gasteiger partial charge in [-0.25, -0.2) is 0 Å². The van der Waals surface area contributed by atoms with Gasteiger partial charge in [0.1, 0.15) is 17.3 Å². The molecule has 0 radical (unpaired) electrons. The second-order valence-electron chi connectivity index (χ2n) is 4.32. The molecule has 1 aromatic heterocycles. The van der Waals surface area contributed by atoms with Crippen LogP contribution in [0.4, 0.5) is 5.69 Å². The zero-order valence-electron chi connectivity index (χ0n) is 12.3. The van der Waals surface area contributed by atoms with Crippen LogP contribution in [-0.4, -0.2) is 34.2 Å².